The number of allylic oxidation sites excluding steroid dienone is 1. The van der Waals surface area contributed by atoms with Crippen molar-refractivity contribution in [3.8, 4) is 0 Å². The Hall–Kier alpha value is -0.760. The van der Waals surface area contributed by atoms with Gasteiger partial charge in [0.2, 0.25) is 0 Å². The largest absolute Gasteiger partial charge is 0.398 e. The quantitative estimate of drug-likeness (QED) is 0.608. The van der Waals surface area contributed by atoms with Crippen molar-refractivity contribution in [2.24, 2.45) is 0 Å². The number of para-hydroxylation sites is 1. The lowest BCUT2D eigenvalue weighted by Crippen LogP contribution is -1.92. The Balaban J connectivity index is 3.00. The molecule has 1 nitrogen and oxygen atoms in total. The number of hydrogen-bond acceptors (Lipinski definition) is 1. The Labute approximate surface area is 81.4 Å². The third kappa shape index (κ3) is 2.11. The van der Waals surface area contributed by atoms with Crippen LogP contribution in [0.2, 0.25) is 0 Å². The van der Waals surface area contributed by atoms with Gasteiger partial charge in [-0.25, -0.2) is 0 Å². The molecule has 64 valence electrons. The van der Waals surface area contributed by atoms with E-state index >= 15 is 0 Å². The lowest BCUT2D eigenvalue weighted by atomic mass is 10.1. The number of aryl methyl sites for hydroxylation is 1. The van der Waals surface area contributed by atoms with Gasteiger partial charge in [0.25, 0.3) is 0 Å². The van der Waals surface area contributed by atoms with Crippen LogP contribution in [0, 0.1) is 6.92 Å². The molecule has 0 heterocycles. The molecule has 0 aliphatic heterocycles. The molecule has 1 aromatic carbocycles. The summed E-state index contributed by atoms with van der Waals surface area (Å²) >= 11 is 3.32. The maximum absolute atomic E-state index is 5.86. The van der Waals surface area contributed by atoms with Crippen molar-refractivity contribution in [2.75, 3.05) is 11.1 Å². The smallest absolute Gasteiger partial charge is 0.0417 e. The van der Waals surface area contributed by atoms with Gasteiger partial charge >= 0.3 is 0 Å². The molecule has 0 bridgehead atoms. The molecule has 0 aliphatic carbocycles. The minimum atomic E-state index is 0.861. The van der Waals surface area contributed by atoms with Crippen LogP contribution in [-0.4, -0.2) is 5.33 Å². The van der Waals surface area contributed by atoms with Crippen molar-refractivity contribution in [3.05, 3.63) is 35.4 Å². The van der Waals surface area contributed by atoms with Crippen LogP contribution in [0.5, 0.6) is 0 Å². The highest BCUT2D eigenvalue weighted by atomic mass is 79.9. The Bertz CT molecular complexity index is 292. The van der Waals surface area contributed by atoms with E-state index in [-0.39, 0.29) is 0 Å². The van der Waals surface area contributed by atoms with E-state index < -0.39 is 0 Å². The number of hydrogen-bond donors (Lipinski definition) is 1. The second kappa shape index (κ2) is 4.31. The molecule has 0 atom stereocenters. The van der Waals surface area contributed by atoms with Crippen LogP contribution in [0.4, 0.5) is 5.69 Å². The van der Waals surface area contributed by atoms with Crippen LogP contribution in [0.15, 0.2) is 24.3 Å². The van der Waals surface area contributed by atoms with E-state index in [0.717, 1.165) is 22.1 Å². The molecular formula is C10H12BrN. The number of nitrogens with two attached hydrogens (primary N) is 1. The topological polar surface area (TPSA) is 26.0 Å². The SMILES string of the molecule is Cc1cccc(C=CCBr)c1N. The van der Waals surface area contributed by atoms with E-state index in [1.165, 1.54) is 0 Å². The summed E-state index contributed by atoms with van der Waals surface area (Å²) in [5, 5.41) is 0.861. The highest BCUT2D eigenvalue weighted by Crippen LogP contribution is 2.17. The molecule has 1 rings (SSSR count). The van der Waals surface area contributed by atoms with Crippen molar-refractivity contribution < 1.29 is 0 Å². The fraction of sp³-hybridized carbons (Fsp3) is 0.200. The summed E-state index contributed by atoms with van der Waals surface area (Å²) in [6, 6.07) is 6.04. The van der Waals surface area contributed by atoms with E-state index in [4.69, 9.17) is 5.73 Å². The van der Waals surface area contributed by atoms with Crippen LogP contribution in [0.3, 0.4) is 0 Å². The first-order valence-corrected chi connectivity index (χ1v) is 4.95. The highest BCUT2D eigenvalue weighted by molar-refractivity contribution is 9.09. The first-order valence-electron chi connectivity index (χ1n) is 3.83. The van der Waals surface area contributed by atoms with Gasteiger partial charge in [0.15, 0.2) is 0 Å². The number of alkyl halides is 1. The van der Waals surface area contributed by atoms with Crippen LogP contribution in [-0.2, 0) is 0 Å². The zero-order chi connectivity index (χ0) is 8.97. The second-order valence-corrected chi connectivity index (χ2v) is 3.28. The van der Waals surface area contributed by atoms with Gasteiger partial charge in [0.05, 0.1) is 0 Å². The molecule has 0 radical (unpaired) electrons. The molecule has 2 N–H and O–H groups in total. The van der Waals surface area contributed by atoms with Crippen LogP contribution in [0.25, 0.3) is 6.08 Å². The summed E-state index contributed by atoms with van der Waals surface area (Å²) in [5.74, 6) is 0. The van der Waals surface area contributed by atoms with E-state index in [9.17, 15) is 0 Å². The van der Waals surface area contributed by atoms with Crippen LogP contribution >= 0.6 is 15.9 Å². The van der Waals surface area contributed by atoms with Gasteiger partial charge in [-0.2, -0.15) is 0 Å². The fourth-order valence-electron chi connectivity index (χ4n) is 1.02. The third-order valence-electron chi connectivity index (χ3n) is 1.74. The second-order valence-electron chi connectivity index (χ2n) is 2.63. The van der Waals surface area contributed by atoms with Gasteiger partial charge < -0.3 is 5.73 Å². The lowest BCUT2D eigenvalue weighted by Gasteiger charge is -2.02. The standard InChI is InChI=1S/C10H12BrN/c1-8-4-2-5-9(10(8)12)6-3-7-11/h2-6H,7,12H2,1H3. The van der Waals surface area contributed by atoms with Crippen molar-refractivity contribution in [2.45, 2.75) is 6.92 Å². The lowest BCUT2D eigenvalue weighted by molar-refractivity contribution is 1.46. The minimum Gasteiger partial charge on any atom is -0.398 e. The molecule has 0 amide bonds. The average molecular weight is 226 g/mol. The number of rotatable bonds is 2. The van der Waals surface area contributed by atoms with E-state index in [0.29, 0.717) is 0 Å². The first kappa shape index (κ1) is 9.33. The summed E-state index contributed by atoms with van der Waals surface area (Å²) in [7, 11) is 0. The minimum absolute atomic E-state index is 0.861. The van der Waals surface area contributed by atoms with E-state index in [2.05, 4.69) is 15.9 Å². The molecule has 0 aliphatic rings. The normalized spacial score (nSPS) is 10.8. The average Bonchev–Trinajstić information content (AvgIpc) is 2.08. The van der Waals surface area contributed by atoms with Gasteiger partial charge in [-0.3, -0.25) is 0 Å². The van der Waals surface area contributed by atoms with Crippen molar-refractivity contribution in [1.82, 2.24) is 0 Å². The molecule has 0 saturated carbocycles. The number of nitrogen functional groups attached to an aromatic ring is 1. The van der Waals surface area contributed by atoms with Gasteiger partial charge in [-0.05, 0) is 18.1 Å². The Morgan fingerprint density at radius 3 is 2.92 bits per heavy atom. The molecule has 12 heavy (non-hydrogen) atoms. The zero-order valence-corrected chi connectivity index (χ0v) is 8.64. The van der Waals surface area contributed by atoms with Crippen molar-refractivity contribution in [3.63, 3.8) is 0 Å². The predicted octanol–water partition coefficient (Wildman–Crippen LogP) is 2.99. The molecule has 0 fully saturated rings. The summed E-state index contributed by atoms with van der Waals surface area (Å²) in [4.78, 5) is 0. The molecule has 0 aromatic heterocycles. The molecule has 2 heteroatoms. The summed E-state index contributed by atoms with van der Waals surface area (Å²) in [6.07, 6.45) is 4.06. The Morgan fingerprint density at radius 2 is 2.25 bits per heavy atom. The van der Waals surface area contributed by atoms with Crippen LogP contribution in [0.1, 0.15) is 11.1 Å². The molecular weight excluding hydrogens is 214 g/mol. The van der Waals surface area contributed by atoms with E-state index in [1.807, 2.05) is 37.3 Å². The summed E-state index contributed by atoms with van der Waals surface area (Å²) in [6.45, 7) is 2.01. The molecule has 0 unspecified atom stereocenters. The number of benzene rings is 1. The molecule has 1 aromatic rings. The monoisotopic (exact) mass is 225 g/mol. The van der Waals surface area contributed by atoms with Gasteiger partial charge in [0.1, 0.15) is 0 Å². The predicted molar refractivity (Wildman–Crippen MR) is 58.4 cm³/mol. The third-order valence-corrected chi connectivity index (χ3v) is 2.12. The van der Waals surface area contributed by atoms with Gasteiger partial charge in [-0.1, -0.05) is 46.3 Å². The zero-order valence-electron chi connectivity index (χ0n) is 7.05. The maximum atomic E-state index is 5.86. The number of anilines is 1. The van der Waals surface area contributed by atoms with Gasteiger partial charge in [0, 0.05) is 11.0 Å². The van der Waals surface area contributed by atoms with Crippen LogP contribution < -0.4 is 5.73 Å². The summed E-state index contributed by atoms with van der Waals surface area (Å²) < 4.78 is 0. The Morgan fingerprint density at radius 1 is 1.50 bits per heavy atom. The van der Waals surface area contributed by atoms with E-state index in [1.54, 1.807) is 0 Å². The number of halogens is 1. The Kier molecular flexibility index (Phi) is 3.35. The van der Waals surface area contributed by atoms with Crippen molar-refractivity contribution >= 4 is 27.7 Å². The summed E-state index contributed by atoms with van der Waals surface area (Å²) in [5.41, 5.74) is 8.95. The van der Waals surface area contributed by atoms with Crippen molar-refractivity contribution in [1.29, 1.82) is 0 Å². The maximum Gasteiger partial charge on any atom is 0.0417 e. The fourth-order valence-corrected chi connectivity index (χ4v) is 1.21. The first-order chi connectivity index (χ1) is 5.75. The highest BCUT2D eigenvalue weighted by Gasteiger charge is 1.95. The molecule has 0 spiro atoms. The molecule has 0 saturated heterocycles. The van der Waals surface area contributed by atoms with Gasteiger partial charge in [-0.15, -0.1) is 0 Å².